The van der Waals surface area contributed by atoms with Gasteiger partial charge in [0.2, 0.25) is 11.7 Å². The Kier molecular flexibility index (Phi) is 9.34. The van der Waals surface area contributed by atoms with E-state index in [9.17, 15) is 5.11 Å². The minimum atomic E-state index is -0.324. The SMILES string of the molecule is CC(C)(C)c1ccc(-n2c(-c3cc(C(C)(C)C)cc(C(C)(C)C)c3O)nc3c4c(ccc32)C2C=CC=[N+]2c2ccc(-c3cc(-c5ccccc5)ccn3)cc2-4)c(-c2ccccc2)c1. The number of phenols is 1. The van der Waals surface area contributed by atoms with E-state index in [1.165, 1.54) is 11.1 Å². The second-order valence-corrected chi connectivity index (χ2v) is 20.4. The lowest BCUT2D eigenvalue weighted by molar-refractivity contribution is -0.469. The molecule has 1 N–H and O–H groups in total. The summed E-state index contributed by atoms with van der Waals surface area (Å²) in [7, 11) is 0. The van der Waals surface area contributed by atoms with Gasteiger partial charge in [-0.1, -0.05) is 135 Å². The fourth-order valence-corrected chi connectivity index (χ4v) is 9.41. The Bertz CT molecular complexity index is 3170. The summed E-state index contributed by atoms with van der Waals surface area (Å²) < 4.78 is 4.68. The van der Waals surface area contributed by atoms with E-state index < -0.39 is 0 Å². The number of pyridine rings is 1. The van der Waals surface area contributed by atoms with Gasteiger partial charge in [-0.2, -0.15) is 4.58 Å². The Morgan fingerprint density at radius 1 is 0.587 bits per heavy atom. The van der Waals surface area contributed by atoms with E-state index >= 15 is 0 Å². The first-order chi connectivity index (χ1) is 30.1. The van der Waals surface area contributed by atoms with Crippen LogP contribution in [0.3, 0.4) is 0 Å². The van der Waals surface area contributed by atoms with Gasteiger partial charge in [-0.05, 0) is 105 Å². The molecule has 1 atom stereocenters. The average molecular weight is 824 g/mol. The van der Waals surface area contributed by atoms with Crippen molar-refractivity contribution >= 4 is 22.9 Å². The van der Waals surface area contributed by atoms with Gasteiger partial charge in [-0.15, -0.1) is 0 Å². The van der Waals surface area contributed by atoms with E-state index in [0.29, 0.717) is 5.82 Å². The minimum Gasteiger partial charge on any atom is -0.507 e. The van der Waals surface area contributed by atoms with Crippen molar-refractivity contribution < 1.29 is 9.68 Å². The largest absolute Gasteiger partial charge is 0.507 e. The number of allylic oxidation sites excluding steroid dienone is 1. The van der Waals surface area contributed by atoms with Crippen molar-refractivity contribution in [3.8, 4) is 67.5 Å². The molecule has 0 aliphatic carbocycles. The minimum absolute atomic E-state index is 0.0203. The van der Waals surface area contributed by atoms with E-state index in [4.69, 9.17) is 9.97 Å². The summed E-state index contributed by atoms with van der Waals surface area (Å²) in [5.74, 6) is 0.971. The summed E-state index contributed by atoms with van der Waals surface area (Å²) in [6.07, 6.45) is 8.52. The van der Waals surface area contributed by atoms with E-state index in [2.05, 4.69) is 217 Å². The third-order valence-electron chi connectivity index (χ3n) is 12.9. The highest BCUT2D eigenvalue weighted by atomic mass is 16.3. The monoisotopic (exact) mass is 823 g/mol. The zero-order valence-electron chi connectivity index (χ0n) is 37.8. The number of aromatic nitrogens is 3. The Balaban J connectivity index is 1.31. The number of hydrogen-bond donors (Lipinski definition) is 1. The number of hydrogen-bond acceptors (Lipinski definition) is 3. The maximum Gasteiger partial charge on any atom is 0.214 e. The van der Waals surface area contributed by atoms with Crippen LogP contribution in [-0.4, -0.2) is 30.4 Å². The number of nitrogens with zero attached hydrogens (tertiary/aromatic N) is 4. The fraction of sp³-hybridized carbons (Fsp3) is 0.224. The highest BCUT2D eigenvalue weighted by Crippen LogP contribution is 2.51. The number of fused-ring (bicyclic) bond motifs is 8. The van der Waals surface area contributed by atoms with Crippen LogP contribution in [0.4, 0.5) is 5.69 Å². The van der Waals surface area contributed by atoms with Crippen molar-refractivity contribution in [2.75, 3.05) is 0 Å². The molecule has 0 spiro atoms. The fourth-order valence-electron chi connectivity index (χ4n) is 9.41. The van der Waals surface area contributed by atoms with Crippen LogP contribution in [-0.2, 0) is 16.2 Å². The van der Waals surface area contributed by atoms with Gasteiger partial charge in [0.15, 0.2) is 6.21 Å². The van der Waals surface area contributed by atoms with Crippen molar-refractivity contribution in [1.29, 1.82) is 0 Å². The van der Waals surface area contributed by atoms with Crippen molar-refractivity contribution in [2.24, 2.45) is 0 Å². The first-order valence-electron chi connectivity index (χ1n) is 22.2. The summed E-state index contributed by atoms with van der Waals surface area (Å²) in [5, 5.41) is 12.6. The van der Waals surface area contributed by atoms with Gasteiger partial charge >= 0.3 is 0 Å². The van der Waals surface area contributed by atoms with E-state index in [-0.39, 0.29) is 28.0 Å². The van der Waals surface area contributed by atoms with Crippen molar-refractivity contribution in [2.45, 2.75) is 84.6 Å². The van der Waals surface area contributed by atoms with Crippen LogP contribution in [0.2, 0.25) is 0 Å². The van der Waals surface area contributed by atoms with Crippen LogP contribution in [0, 0.1) is 0 Å². The first-order valence-corrected chi connectivity index (χ1v) is 22.2. The van der Waals surface area contributed by atoms with Gasteiger partial charge in [0.25, 0.3) is 0 Å². The Morgan fingerprint density at radius 3 is 1.98 bits per heavy atom. The summed E-state index contributed by atoms with van der Waals surface area (Å²) >= 11 is 0. The van der Waals surface area contributed by atoms with Gasteiger partial charge in [0, 0.05) is 46.2 Å². The third kappa shape index (κ3) is 6.91. The van der Waals surface area contributed by atoms with Crippen LogP contribution in [0.25, 0.3) is 72.7 Å². The Labute approximate surface area is 371 Å². The molecule has 0 bridgehead atoms. The van der Waals surface area contributed by atoms with Crippen molar-refractivity contribution in [3.05, 3.63) is 174 Å². The second-order valence-electron chi connectivity index (χ2n) is 20.4. The quantitative estimate of drug-likeness (QED) is 0.176. The Morgan fingerprint density at radius 2 is 1.29 bits per heavy atom. The van der Waals surface area contributed by atoms with E-state index in [1.54, 1.807) is 0 Å². The van der Waals surface area contributed by atoms with E-state index in [1.807, 2.05) is 12.3 Å². The molecule has 4 heterocycles. The van der Waals surface area contributed by atoms with Crippen LogP contribution in [0.5, 0.6) is 5.75 Å². The molecule has 5 heteroatoms. The van der Waals surface area contributed by atoms with Crippen molar-refractivity contribution in [3.63, 3.8) is 0 Å². The molecule has 0 saturated heterocycles. The molecular weight excluding hydrogens is 769 g/mol. The van der Waals surface area contributed by atoms with Crippen molar-refractivity contribution in [1.82, 2.24) is 14.5 Å². The first kappa shape index (κ1) is 40.2. The lowest BCUT2D eigenvalue weighted by Gasteiger charge is -2.28. The van der Waals surface area contributed by atoms with Gasteiger partial charge < -0.3 is 5.11 Å². The van der Waals surface area contributed by atoms with Gasteiger partial charge in [-0.3, -0.25) is 9.55 Å². The standard InChI is InChI=1S/C58H54N4O/c1-56(2,3)40-23-26-50(43(33-40)37-19-14-11-15-20-37)62-51-27-24-42-48-21-16-30-61(48)49-25-22-39(47-32-38(28-29-59-47)36-17-12-10-13-18-36)31-44(49)52(42)53(51)60-55(62)45-34-41(57(4,5)6)35-46(54(45)63)58(7,8)9/h10-35,48H,1-9H3/p+1. The van der Waals surface area contributed by atoms with Gasteiger partial charge in [-0.25, -0.2) is 4.98 Å². The zero-order chi connectivity index (χ0) is 44.0. The number of phenolic OH excluding ortho intramolecular Hbond substituents is 1. The molecule has 8 aromatic rings. The molecule has 0 saturated carbocycles. The van der Waals surface area contributed by atoms with E-state index in [0.717, 1.165) is 83.7 Å². The predicted octanol–water partition coefficient (Wildman–Crippen LogP) is 14.7. The molecule has 5 nitrogen and oxygen atoms in total. The topological polar surface area (TPSA) is 53.9 Å². The molecule has 2 aliphatic heterocycles. The Hall–Kier alpha value is -6.85. The zero-order valence-corrected chi connectivity index (χ0v) is 37.8. The van der Waals surface area contributed by atoms with Gasteiger partial charge in [0.05, 0.1) is 33.5 Å². The smallest absolute Gasteiger partial charge is 0.214 e. The second kappa shape index (κ2) is 14.6. The van der Waals surface area contributed by atoms with Gasteiger partial charge in [0.1, 0.15) is 11.6 Å². The van der Waals surface area contributed by atoms with Crippen LogP contribution >= 0.6 is 0 Å². The molecule has 312 valence electrons. The highest BCUT2D eigenvalue weighted by molar-refractivity contribution is 6.02. The maximum atomic E-state index is 12.6. The third-order valence-corrected chi connectivity index (χ3v) is 12.9. The molecular formula is C58H55N4O+. The van der Waals surface area contributed by atoms with Crippen LogP contribution in [0.1, 0.15) is 90.6 Å². The summed E-state index contributed by atoms with van der Waals surface area (Å²) in [4.78, 5) is 10.7. The highest BCUT2D eigenvalue weighted by Gasteiger charge is 2.39. The lowest BCUT2D eigenvalue weighted by Crippen LogP contribution is -2.17. The molecule has 1 unspecified atom stereocenters. The summed E-state index contributed by atoms with van der Waals surface area (Å²) in [6, 6.07) is 47.9. The lowest BCUT2D eigenvalue weighted by atomic mass is 9.79. The molecule has 10 rings (SSSR count). The number of imidazole rings is 1. The number of rotatable bonds is 5. The van der Waals surface area contributed by atoms with Crippen LogP contribution in [0.15, 0.2) is 152 Å². The average Bonchev–Trinajstić information content (AvgIpc) is 3.92. The molecule has 63 heavy (non-hydrogen) atoms. The number of aromatic hydroxyl groups is 1. The van der Waals surface area contributed by atoms with Crippen LogP contribution < -0.4 is 0 Å². The molecule has 0 amide bonds. The predicted molar refractivity (Wildman–Crippen MR) is 262 cm³/mol. The maximum absolute atomic E-state index is 12.6. The molecule has 6 aromatic carbocycles. The normalized spacial score (nSPS) is 14.7. The number of benzene rings is 6. The molecule has 0 fully saturated rings. The molecule has 0 radical (unpaired) electrons. The summed E-state index contributed by atoms with van der Waals surface area (Å²) in [5.41, 5.74) is 17.3. The molecule has 2 aliphatic rings. The molecule has 2 aromatic heterocycles. The summed E-state index contributed by atoms with van der Waals surface area (Å²) in [6.45, 7) is 20.0.